The van der Waals surface area contributed by atoms with Gasteiger partial charge < -0.3 is 9.84 Å². The molecule has 0 radical (unpaired) electrons. The van der Waals surface area contributed by atoms with Gasteiger partial charge in [0.15, 0.2) is 5.13 Å². The third kappa shape index (κ3) is 3.85. The fourth-order valence-electron chi connectivity index (χ4n) is 2.86. The standard InChI is InChI=1S/C20H15FN4O3S/c1-10-17(18(25-28-10)12-3-5-13(21)6-4-12)19(27)24-20-23-15-8-7-14(22-11(2)26)9-16(15)29-20/h3-9H,1-2H3,(H,22,26)(H,23,24,27). The molecule has 4 aromatic rings. The van der Waals surface area contributed by atoms with Crippen LogP contribution in [0.15, 0.2) is 47.0 Å². The number of rotatable bonds is 4. The van der Waals surface area contributed by atoms with Crippen LogP contribution in [-0.2, 0) is 4.79 Å². The number of aryl methyl sites for hydroxylation is 1. The summed E-state index contributed by atoms with van der Waals surface area (Å²) >= 11 is 1.28. The van der Waals surface area contributed by atoms with Crippen LogP contribution in [0.5, 0.6) is 0 Å². The zero-order valence-electron chi connectivity index (χ0n) is 15.4. The normalized spacial score (nSPS) is 10.9. The van der Waals surface area contributed by atoms with Crippen molar-refractivity contribution in [1.29, 1.82) is 0 Å². The molecule has 0 aliphatic carbocycles. The predicted molar refractivity (Wildman–Crippen MR) is 109 cm³/mol. The highest BCUT2D eigenvalue weighted by Gasteiger charge is 2.22. The van der Waals surface area contributed by atoms with Gasteiger partial charge in [0.05, 0.1) is 10.2 Å². The maximum absolute atomic E-state index is 13.2. The lowest BCUT2D eigenvalue weighted by Gasteiger charge is -2.03. The van der Waals surface area contributed by atoms with Gasteiger partial charge >= 0.3 is 0 Å². The van der Waals surface area contributed by atoms with Crippen LogP contribution < -0.4 is 10.6 Å². The van der Waals surface area contributed by atoms with E-state index in [9.17, 15) is 14.0 Å². The highest BCUT2D eigenvalue weighted by atomic mass is 32.1. The van der Waals surface area contributed by atoms with E-state index >= 15 is 0 Å². The summed E-state index contributed by atoms with van der Waals surface area (Å²) in [7, 11) is 0. The Labute approximate surface area is 168 Å². The molecule has 4 rings (SSSR count). The molecule has 9 heteroatoms. The summed E-state index contributed by atoms with van der Waals surface area (Å²) in [6, 6.07) is 10.9. The van der Waals surface area contributed by atoms with Gasteiger partial charge in [-0.1, -0.05) is 16.5 Å². The predicted octanol–water partition coefficient (Wildman–Crippen LogP) is 4.61. The van der Waals surface area contributed by atoms with Crippen molar-refractivity contribution in [2.75, 3.05) is 10.6 Å². The van der Waals surface area contributed by atoms with Gasteiger partial charge in [-0.3, -0.25) is 14.9 Å². The van der Waals surface area contributed by atoms with Gasteiger partial charge in [-0.15, -0.1) is 0 Å². The summed E-state index contributed by atoms with van der Waals surface area (Å²) < 4.78 is 19.2. The Bertz CT molecular complexity index is 1230. The minimum absolute atomic E-state index is 0.168. The Morgan fingerprint density at radius 1 is 1.10 bits per heavy atom. The fraction of sp³-hybridized carbons (Fsp3) is 0.100. The monoisotopic (exact) mass is 410 g/mol. The summed E-state index contributed by atoms with van der Waals surface area (Å²) in [4.78, 5) is 28.5. The number of nitrogens with zero attached hydrogens (tertiary/aromatic N) is 2. The van der Waals surface area contributed by atoms with Crippen molar-refractivity contribution in [2.45, 2.75) is 13.8 Å². The van der Waals surface area contributed by atoms with Crippen LogP contribution in [0.3, 0.4) is 0 Å². The Kier molecular flexibility index (Phi) is 4.81. The topological polar surface area (TPSA) is 97.1 Å². The van der Waals surface area contributed by atoms with Crippen molar-refractivity contribution in [3.05, 3.63) is 59.6 Å². The number of aromatic nitrogens is 2. The average Bonchev–Trinajstić information content (AvgIpc) is 3.24. The molecule has 0 aliphatic rings. The fourth-order valence-corrected chi connectivity index (χ4v) is 3.76. The van der Waals surface area contributed by atoms with E-state index in [1.807, 2.05) is 0 Å². The number of benzene rings is 2. The second-order valence-corrected chi connectivity index (χ2v) is 7.34. The lowest BCUT2D eigenvalue weighted by Crippen LogP contribution is -2.13. The molecule has 0 aliphatic heterocycles. The number of carbonyl (C=O) groups is 2. The first-order valence-corrected chi connectivity index (χ1v) is 9.44. The van der Waals surface area contributed by atoms with Gasteiger partial charge in [0.25, 0.3) is 5.91 Å². The lowest BCUT2D eigenvalue weighted by molar-refractivity contribution is -0.114. The zero-order chi connectivity index (χ0) is 20.5. The number of carbonyl (C=O) groups excluding carboxylic acids is 2. The molecular weight excluding hydrogens is 395 g/mol. The molecule has 0 spiro atoms. The van der Waals surface area contributed by atoms with E-state index in [2.05, 4.69) is 20.8 Å². The van der Waals surface area contributed by atoms with E-state index in [4.69, 9.17) is 4.52 Å². The molecule has 0 atom stereocenters. The van der Waals surface area contributed by atoms with Crippen LogP contribution in [-0.4, -0.2) is 22.0 Å². The molecule has 29 heavy (non-hydrogen) atoms. The van der Waals surface area contributed by atoms with Crippen molar-refractivity contribution < 1.29 is 18.5 Å². The smallest absolute Gasteiger partial charge is 0.263 e. The van der Waals surface area contributed by atoms with Gasteiger partial charge in [0.2, 0.25) is 5.91 Å². The van der Waals surface area contributed by atoms with E-state index in [0.717, 1.165) is 4.70 Å². The quantitative estimate of drug-likeness (QED) is 0.512. The van der Waals surface area contributed by atoms with Crippen LogP contribution in [0.25, 0.3) is 21.5 Å². The summed E-state index contributed by atoms with van der Waals surface area (Å²) in [6.07, 6.45) is 0. The van der Waals surface area contributed by atoms with E-state index in [1.165, 1.54) is 42.5 Å². The van der Waals surface area contributed by atoms with Gasteiger partial charge in [-0.25, -0.2) is 9.37 Å². The van der Waals surface area contributed by atoms with E-state index in [0.29, 0.717) is 33.4 Å². The summed E-state index contributed by atoms with van der Waals surface area (Å²) in [5.74, 6) is -0.633. The maximum atomic E-state index is 13.2. The number of thiazole rings is 1. The second kappa shape index (κ2) is 7.44. The number of halogens is 1. The molecule has 0 bridgehead atoms. The van der Waals surface area contributed by atoms with Crippen LogP contribution in [0.2, 0.25) is 0 Å². The molecule has 0 fully saturated rings. The highest BCUT2D eigenvalue weighted by Crippen LogP contribution is 2.30. The molecule has 2 aromatic heterocycles. The van der Waals surface area contributed by atoms with Crippen LogP contribution in [0, 0.1) is 12.7 Å². The largest absolute Gasteiger partial charge is 0.360 e. The van der Waals surface area contributed by atoms with Crippen LogP contribution in [0.1, 0.15) is 23.0 Å². The first kappa shape index (κ1) is 18.8. The SMILES string of the molecule is CC(=O)Nc1ccc2nc(NC(=O)c3c(-c4ccc(F)cc4)noc3C)sc2c1. The summed E-state index contributed by atoms with van der Waals surface area (Å²) in [5, 5.41) is 9.82. The number of fused-ring (bicyclic) bond motifs is 1. The molecule has 2 heterocycles. The van der Waals surface area contributed by atoms with Gasteiger partial charge in [0, 0.05) is 18.2 Å². The molecule has 0 saturated heterocycles. The first-order chi connectivity index (χ1) is 13.9. The third-order valence-electron chi connectivity index (χ3n) is 4.14. The molecule has 146 valence electrons. The minimum atomic E-state index is -0.427. The Morgan fingerprint density at radius 3 is 2.59 bits per heavy atom. The van der Waals surface area contributed by atoms with Gasteiger partial charge in [0.1, 0.15) is 22.8 Å². The van der Waals surface area contributed by atoms with Crippen molar-refractivity contribution in [1.82, 2.24) is 10.1 Å². The molecule has 7 nitrogen and oxygen atoms in total. The van der Waals surface area contributed by atoms with Crippen LogP contribution in [0.4, 0.5) is 15.2 Å². The third-order valence-corrected chi connectivity index (χ3v) is 5.07. The highest BCUT2D eigenvalue weighted by molar-refractivity contribution is 7.22. The van der Waals surface area contributed by atoms with Gasteiger partial charge in [-0.2, -0.15) is 0 Å². The molecule has 2 amide bonds. The number of amides is 2. The number of hydrogen-bond donors (Lipinski definition) is 2. The molecule has 0 saturated carbocycles. The number of nitrogens with one attached hydrogen (secondary N) is 2. The van der Waals surface area contributed by atoms with Gasteiger partial charge in [-0.05, 0) is 49.4 Å². The average molecular weight is 410 g/mol. The Hall–Kier alpha value is -3.59. The maximum Gasteiger partial charge on any atom is 0.263 e. The molecular formula is C20H15FN4O3S. The molecule has 2 aromatic carbocycles. The van der Waals surface area contributed by atoms with Crippen LogP contribution >= 0.6 is 11.3 Å². The van der Waals surface area contributed by atoms with Crippen molar-refractivity contribution in [3.8, 4) is 11.3 Å². The Balaban J connectivity index is 1.62. The number of hydrogen-bond acceptors (Lipinski definition) is 6. The summed E-state index contributed by atoms with van der Waals surface area (Å²) in [6.45, 7) is 3.06. The first-order valence-electron chi connectivity index (χ1n) is 8.62. The zero-order valence-corrected chi connectivity index (χ0v) is 16.3. The van der Waals surface area contributed by atoms with E-state index < -0.39 is 5.91 Å². The lowest BCUT2D eigenvalue weighted by atomic mass is 10.1. The van der Waals surface area contributed by atoms with Crippen molar-refractivity contribution in [2.24, 2.45) is 0 Å². The minimum Gasteiger partial charge on any atom is -0.360 e. The Morgan fingerprint density at radius 2 is 1.86 bits per heavy atom. The molecule has 0 unspecified atom stereocenters. The number of anilines is 2. The summed E-state index contributed by atoms with van der Waals surface area (Å²) in [5.41, 5.74) is 2.50. The van der Waals surface area contributed by atoms with Crippen molar-refractivity contribution in [3.63, 3.8) is 0 Å². The second-order valence-electron chi connectivity index (χ2n) is 6.31. The van der Waals surface area contributed by atoms with E-state index in [1.54, 1.807) is 25.1 Å². The molecule has 2 N–H and O–H groups in total. The van der Waals surface area contributed by atoms with E-state index in [-0.39, 0.29) is 17.3 Å². The van der Waals surface area contributed by atoms with Crippen molar-refractivity contribution >= 4 is 44.2 Å².